The van der Waals surface area contributed by atoms with E-state index in [2.05, 4.69) is 31.3 Å². The van der Waals surface area contributed by atoms with E-state index in [1.54, 1.807) is 6.07 Å². The van der Waals surface area contributed by atoms with Crippen molar-refractivity contribution in [3.05, 3.63) is 73.1 Å². The average Bonchev–Trinajstić information content (AvgIpc) is 3.50. The Morgan fingerprint density at radius 3 is 2.73 bits per heavy atom. The second-order valence-electron chi connectivity index (χ2n) is 8.31. The van der Waals surface area contributed by atoms with Gasteiger partial charge in [0.05, 0.1) is 22.9 Å². The van der Waals surface area contributed by atoms with Crippen LogP contribution in [0, 0.1) is 0 Å². The SMILES string of the molecule is CCc1c(Br)c(=O)n2nc(-c3ccc4c(c3)CCO4)nc2n1CC(=O)Nc1ccc(C(F)(F)F)cc1Cl. The molecule has 0 atom stereocenters. The molecule has 13 heteroatoms. The van der Waals surface area contributed by atoms with E-state index < -0.39 is 23.2 Å². The molecule has 2 aromatic heterocycles. The van der Waals surface area contributed by atoms with Crippen LogP contribution >= 0.6 is 27.5 Å². The number of hydrogen-bond donors (Lipinski definition) is 1. The van der Waals surface area contributed by atoms with E-state index in [1.165, 1.54) is 4.57 Å². The molecule has 1 aliphatic heterocycles. The Bertz CT molecular complexity index is 1620. The number of rotatable bonds is 5. The summed E-state index contributed by atoms with van der Waals surface area (Å²) in [7, 11) is 0. The predicted octanol–water partition coefficient (Wildman–Crippen LogP) is 5.13. The summed E-state index contributed by atoms with van der Waals surface area (Å²) in [6.07, 6.45) is -3.42. The minimum Gasteiger partial charge on any atom is -0.493 e. The van der Waals surface area contributed by atoms with Gasteiger partial charge in [0.15, 0.2) is 5.82 Å². The molecular formula is C24H18BrClF3N5O3. The monoisotopic (exact) mass is 595 g/mol. The Kier molecular flexibility index (Phi) is 6.48. The molecule has 0 saturated carbocycles. The number of benzene rings is 2. The maximum Gasteiger partial charge on any atom is 0.416 e. The molecule has 0 unspecified atom stereocenters. The zero-order chi connectivity index (χ0) is 26.5. The second kappa shape index (κ2) is 9.49. The van der Waals surface area contributed by atoms with E-state index in [1.807, 2.05) is 19.1 Å². The van der Waals surface area contributed by atoms with Gasteiger partial charge in [-0.25, -0.2) is 0 Å². The van der Waals surface area contributed by atoms with Crippen LogP contribution in [0.15, 0.2) is 45.7 Å². The number of amides is 1. The average molecular weight is 597 g/mol. The second-order valence-corrected chi connectivity index (χ2v) is 9.51. The van der Waals surface area contributed by atoms with Crippen LogP contribution in [0.2, 0.25) is 5.02 Å². The van der Waals surface area contributed by atoms with E-state index >= 15 is 0 Å². The molecule has 1 N–H and O–H groups in total. The van der Waals surface area contributed by atoms with Crippen molar-refractivity contribution in [2.24, 2.45) is 0 Å². The normalized spacial score (nSPS) is 13.0. The van der Waals surface area contributed by atoms with Crippen LogP contribution < -0.4 is 15.6 Å². The molecule has 3 heterocycles. The first kappa shape index (κ1) is 25.3. The fourth-order valence-electron chi connectivity index (χ4n) is 4.16. The van der Waals surface area contributed by atoms with E-state index in [4.69, 9.17) is 16.3 Å². The van der Waals surface area contributed by atoms with Gasteiger partial charge in [0.25, 0.3) is 5.56 Å². The third kappa shape index (κ3) is 4.71. The van der Waals surface area contributed by atoms with Gasteiger partial charge >= 0.3 is 6.18 Å². The maximum atomic E-state index is 13.0. The minimum absolute atomic E-state index is 0.0244. The van der Waals surface area contributed by atoms with E-state index in [-0.39, 0.29) is 27.5 Å². The molecular weight excluding hydrogens is 579 g/mol. The molecule has 1 aliphatic rings. The summed E-state index contributed by atoms with van der Waals surface area (Å²) in [6, 6.07) is 8.19. The lowest BCUT2D eigenvalue weighted by molar-refractivity contribution is -0.137. The van der Waals surface area contributed by atoms with Gasteiger partial charge in [-0.3, -0.25) is 9.59 Å². The smallest absolute Gasteiger partial charge is 0.416 e. The highest BCUT2D eigenvalue weighted by Gasteiger charge is 2.31. The summed E-state index contributed by atoms with van der Waals surface area (Å²) in [5.74, 6) is 0.659. The standard InChI is InChI=1S/C24H18BrClF3N5O3/c1-2-17-20(25)22(36)34-23(31-21(32-34)13-3-6-18-12(9-13)7-8-37-18)33(17)11-19(35)30-16-5-4-14(10-15(16)26)24(27,28)29/h3-6,9-10H,2,7-8,11H2,1H3,(H,30,35). The van der Waals surface area contributed by atoms with E-state index in [0.717, 1.165) is 40.4 Å². The number of carbonyl (C=O) groups is 1. The summed E-state index contributed by atoms with van der Waals surface area (Å²) in [6.45, 7) is 2.11. The number of fused-ring (bicyclic) bond motifs is 2. The van der Waals surface area contributed by atoms with Crippen molar-refractivity contribution >= 4 is 44.9 Å². The topological polar surface area (TPSA) is 90.5 Å². The van der Waals surface area contributed by atoms with Crippen LogP contribution in [0.25, 0.3) is 17.2 Å². The summed E-state index contributed by atoms with van der Waals surface area (Å²) >= 11 is 9.30. The number of alkyl halides is 3. The Balaban J connectivity index is 1.52. The lowest BCUT2D eigenvalue weighted by Gasteiger charge is -2.15. The molecule has 0 bridgehead atoms. The van der Waals surface area contributed by atoms with Crippen molar-refractivity contribution in [2.45, 2.75) is 32.5 Å². The van der Waals surface area contributed by atoms with Gasteiger partial charge in [-0.1, -0.05) is 18.5 Å². The predicted molar refractivity (Wildman–Crippen MR) is 134 cm³/mol. The van der Waals surface area contributed by atoms with Gasteiger partial charge in [-0.2, -0.15) is 22.7 Å². The lowest BCUT2D eigenvalue weighted by Crippen LogP contribution is -2.28. The third-order valence-corrected chi connectivity index (χ3v) is 7.06. The number of anilines is 1. The summed E-state index contributed by atoms with van der Waals surface area (Å²) in [4.78, 5) is 30.5. The van der Waals surface area contributed by atoms with Crippen molar-refractivity contribution in [3.8, 4) is 17.1 Å². The summed E-state index contributed by atoms with van der Waals surface area (Å²) < 4.78 is 47.2. The molecule has 0 fully saturated rings. The molecule has 192 valence electrons. The van der Waals surface area contributed by atoms with Crippen molar-refractivity contribution in [1.29, 1.82) is 0 Å². The molecule has 1 amide bonds. The largest absolute Gasteiger partial charge is 0.493 e. The lowest BCUT2D eigenvalue weighted by atomic mass is 10.1. The molecule has 8 nitrogen and oxygen atoms in total. The van der Waals surface area contributed by atoms with Gasteiger partial charge in [0.1, 0.15) is 16.8 Å². The highest BCUT2D eigenvalue weighted by Crippen LogP contribution is 2.34. The van der Waals surface area contributed by atoms with Gasteiger partial charge < -0.3 is 14.6 Å². The van der Waals surface area contributed by atoms with Gasteiger partial charge in [0, 0.05) is 17.7 Å². The number of hydrogen-bond acceptors (Lipinski definition) is 5. The number of ether oxygens (including phenoxy) is 1. The first-order valence-corrected chi connectivity index (χ1v) is 12.3. The number of nitrogens with zero attached hydrogens (tertiary/aromatic N) is 4. The van der Waals surface area contributed by atoms with Gasteiger partial charge in [-0.05, 0) is 64.3 Å². The highest BCUT2D eigenvalue weighted by atomic mass is 79.9. The zero-order valence-electron chi connectivity index (χ0n) is 19.2. The molecule has 37 heavy (non-hydrogen) atoms. The summed E-state index contributed by atoms with van der Waals surface area (Å²) in [5.41, 5.74) is 0.870. The first-order chi connectivity index (χ1) is 17.6. The molecule has 5 rings (SSSR count). The fourth-order valence-corrected chi connectivity index (χ4v) is 5.05. The molecule has 0 radical (unpaired) electrons. The Hall–Kier alpha value is -3.38. The van der Waals surface area contributed by atoms with E-state index in [9.17, 15) is 22.8 Å². The van der Waals surface area contributed by atoms with Crippen molar-refractivity contribution in [1.82, 2.24) is 19.2 Å². The minimum atomic E-state index is -4.56. The van der Waals surface area contributed by atoms with Crippen LogP contribution in [0.3, 0.4) is 0 Å². The number of carbonyl (C=O) groups excluding carboxylic acids is 1. The molecule has 0 aliphatic carbocycles. The van der Waals surface area contributed by atoms with Crippen LogP contribution in [0.5, 0.6) is 5.75 Å². The molecule has 2 aromatic carbocycles. The first-order valence-electron chi connectivity index (χ1n) is 11.2. The fraction of sp³-hybridized carbons (Fsp3) is 0.250. The Labute approximate surface area is 221 Å². The molecule has 0 saturated heterocycles. The molecule has 4 aromatic rings. The Morgan fingerprint density at radius 1 is 1.24 bits per heavy atom. The van der Waals surface area contributed by atoms with Crippen molar-refractivity contribution < 1.29 is 22.7 Å². The van der Waals surface area contributed by atoms with Crippen LogP contribution in [0.1, 0.15) is 23.7 Å². The highest BCUT2D eigenvalue weighted by molar-refractivity contribution is 9.10. The van der Waals surface area contributed by atoms with Crippen LogP contribution in [-0.4, -0.2) is 31.7 Å². The third-order valence-electron chi connectivity index (χ3n) is 5.95. The van der Waals surface area contributed by atoms with Crippen molar-refractivity contribution in [3.63, 3.8) is 0 Å². The maximum absolute atomic E-state index is 13.0. The summed E-state index contributed by atoms with van der Waals surface area (Å²) in [5, 5.41) is 6.66. The number of halogens is 5. The number of nitrogens with one attached hydrogen (secondary N) is 1. The number of aromatic nitrogens is 4. The van der Waals surface area contributed by atoms with Crippen LogP contribution in [0.4, 0.5) is 18.9 Å². The zero-order valence-corrected chi connectivity index (χ0v) is 21.5. The van der Waals surface area contributed by atoms with Gasteiger partial charge in [-0.15, -0.1) is 5.10 Å². The van der Waals surface area contributed by atoms with Crippen molar-refractivity contribution in [2.75, 3.05) is 11.9 Å². The Morgan fingerprint density at radius 2 is 2.03 bits per heavy atom. The molecule has 0 spiro atoms. The quantitative estimate of drug-likeness (QED) is 0.345. The van der Waals surface area contributed by atoms with E-state index in [0.29, 0.717) is 30.1 Å². The van der Waals surface area contributed by atoms with Crippen LogP contribution in [-0.2, 0) is 30.4 Å². The van der Waals surface area contributed by atoms with Gasteiger partial charge in [0.2, 0.25) is 11.7 Å².